The van der Waals surface area contributed by atoms with Crippen molar-refractivity contribution >= 4 is 23.5 Å². The highest BCUT2D eigenvalue weighted by atomic mass is 32.2. The summed E-state index contributed by atoms with van der Waals surface area (Å²) in [4.78, 5) is 25.8. The molecule has 0 atom stereocenters. The normalized spacial score (nSPS) is 15.4. The topological polar surface area (TPSA) is 111 Å². The van der Waals surface area contributed by atoms with Gasteiger partial charge in [0.2, 0.25) is 5.88 Å². The smallest absolute Gasteiger partial charge is 0.326 e. The Morgan fingerprint density at radius 1 is 1.28 bits per heavy atom. The van der Waals surface area contributed by atoms with Gasteiger partial charge in [0.05, 0.1) is 12.2 Å². The van der Waals surface area contributed by atoms with Crippen LogP contribution in [0, 0.1) is 0 Å². The largest absolute Gasteiger partial charge is 0.493 e. The summed E-state index contributed by atoms with van der Waals surface area (Å²) < 4.78 is 1.71. The summed E-state index contributed by atoms with van der Waals surface area (Å²) in [5.41, 5.74) is 2.43. The fourth-order valence-electron chi connectivity index (χ4n) is 2.98. The number of nitrogens with one attached hydrogen (secondary N) is 2. The molecule has 8 nitrogen and oxygen atoms in total. The Bertz CT molecular complexity index is 1350. The van der Waals surface area contributed by atoms with Gasteiger partial charge in [0.15, 0.2) is 11.1 Å². The van der Waals surface area contributed by atoms with E-state index in [1.54, 1.807) is 28.6 Å². The van der Waals surface area contributed by atoms with E-state index < -0.39 is 5.69 Å². The molecule has 0 unspecified atom stereocenters. The van der Waals surface area contributed by atoms with E-state index in [1.165, 1.54) is 5.56 Å². The molecule has 0 radical (unpaired) electrons. The zero-order valence-electron chi connectivity index (χ0n) is 15.4. The SMILES string of the molecule is O=c1[nH]c(O)c(/C=c2/cnn3c(=NC4CC4)cc(SCc4ccccc4)nc23)[nH]1. The number of nitrogens with zero attached hydrogens (tertiary/aromatic N) is 4. The van der Waals surface area contributed by atoms with Crippen molar-refractivity contribution in [3.63, 3.8) is 0 Å². The van der Waals surface area contributed by atoms with E-state index in [9.17, 15) is 9.90 Å². The van der Waals surface area contributed by atoms with Crippen LogP contribution in [0.3, 0.4) is 0 Å². The molecule has 3 aromatic heterocycles. The summed E-state index contributed by atoms with van der Waals surface area (Å²) in [5, 5.41) is 15.8. The number of benzene rings is 1. The molecule has 0 spiro atoms. The highest BCUT2D eigenvalue weighted by molar-refractivity contribution is 7.98. The molecule has 4 aromatic rings. The third-order valence-corrected chi connectivity index (χ3v) is 5.57. The van der Waals surface area contributed by atoms with Crippen LogP contribution in [0.15, 0.2) is 57.4 Å². The van der Waals surface area contributed by atoms with Crippen LogP contribution in [0.25, 0.3) is 11.7 Å². The van der Waals surface area contributed by atoms with Crippen LogP contribution in [0.1, 0.15) is 24.1 Å². The Labute approximate surface area is 169 Å². The van der Waals surface area contributed by atoms with E-state index in [4.69, 9.17) is 9.98 Å². The minimum atomic E-state index is -0.471. The van der Waals surface area contributed by atoms with Crippen molar-refractivity contribution in [3.8, 4) is 5.88 Å². The predicted octanol–water partition coefficient (Wildman–Crippen LogP) is 1.35. The van der Waals surface area contributed by atoms with Crippen molar-refractivity contribution in [1.29, 1.82) is 0 Å². The lowest BCUT2D eigenvalue weighted by Crippen LogP contribution is -2.19. The maximum atomic E-state index is 11.4. The lowest BCUT2D eigenvalue weighted by molar-refractivity contribution is 0.454. The van der Waals surface area contributed by atoms with Crippen molar-refractivity contribution in [2.45, 2.75) is 29.7 Å². The van der Waals surface area contributed by atoms with Crippen LogP contribution in [0.4, 0.5) is 0 Å². The maximum absolute atomic E-state index is 11.4. The number of aromatic nitrogens is 5. The molecule has 1 aliphatic rings. The molecule has 0 saturated heterocycles. The Kier molecular flexibility index (Phi) is 4.44. The lowest BCUT2D eigenvalue weighted by atomic mass is 10.2. The highest BCUT2D eigenvalue weighted by Gasteiger charge is 2.20. The van der Waals surface area contributed by atoms with E-state index in [0.29, 0.717) is 16.9 Å². The molecular weight excluding hydrogens is 388 g/mol. The summed E-state index contributed by atoms with van der Waals surface area (Å²) in [7, 11) is 0. The molecule has 146 valence electrons. The van der Waals surface area contributed by atoms with E-state index in [-0.39, 0.29) is 11.6 Å². The summed E-state index contributed by atoms with van der Waals surface area (Å²) >= 11 is 1.64. The number of fused-ring (bicyclic) bond motifs is 1. The van der Waals surface area contributed by atoms with Crippen molar-refractivity contribution in [1.82, 2.24) is 24.6 Å². The molecule has 0 aliphatic heterocycles. The van der Waals surface area contributed by atoms with Gasteiger partial charge in [-0.15, -0.1) is 11.8 Å². The van der Waals surface area contributed by atoms with Crippen molar-refractivity contribution in [2.75, 3.05) is 0 Å². The van der Waals surface area contributed by atoms with Crippen LogP contribution < -0.4 is 16.4 Å². The fourth-order valence-corrected chi connectivity index (χ4v) is 3.83. The second-order valence-corrected chi connectivity index (χ2v) is 7.90. The molecule has 3 N–H and O–H groups in total. The first-order valence-corrected chi connectivity index (χ1v) is 10.3. The van der Waals surface area contributed by atoms with Gasteiger partial charge in [-0.05, 0) is 24.5 Å². The van der Waals surface area contributed by atoms with E-state index in [0.717, 1.165) is 29.1 Å². The highest BCUT2D eigenvalue weighted by Crippen LogP contribution is 2.23. The number of hydrogen-bond acceptors (Lipinski definition) is 6. The third kappa shape index (κ3) is 3.81. The third-order valence-electron chi connectivity index (χ3n) is 4.58. The maximum Gasteiger partial charge on any atom is 0.326 e. The molecule has 0 bridgehead atoms. The first-order chi connectivity index (χ1) is 14.2. The molecular formula is C20H18N6O2S. The van der Waals surface area contributed by atoms with Crippen LogP contribution in [0.2, 0.25) is 0 Å². The summed E-state index contributed by atoms with van der Waals surface area (Å²) in [6.45, 7) is 0. The standard InChI is InChI=1S/C20H18N6O2S/c27-19-15(23-20(28)25-19)8-13-10-21-26-16(22-14-6-7-14)9-17(24-18(13)26)29-11-12-4-2-1-3-5-12/h1-5,8-10,14,27H,6-7,11H2,(H2,23,25,28)/b13-8-,22-16?. The number of imidazole rings is 1. The van der Waals surface area contributed by atoms with E-state index in [1.807, 2.05) is 24.3 Å². The Morgan fingerprint density at radius 3 is 2.83 bits per heavy atom. The Hall–Kier alpha value is -3.33. The second-order valence-electron chi connectivity index (χ2n) is 6.91. The van der Waals surface area contributed by atoms with Crippen molar-refractivity contribution in [2.24, 2.45) is 4.99 Å². The zero-order valence-corrected chi connectivity index (χ0v) is 16.2. The van der Waals surface area contributed by atoms with Gasteiger partial charge in [0.1, 0.15) is 10.7 Å². The molecule has 1 aromatic carbocycles. The van der Waals surface area contributed by atoms with Gasteiger partial charge in [-0.1, -0.05) is 30.3 Å². The molecule has 1 aliphatic carbocycles. The number of H-pyrrole nitrogens is 2. The first kappa shape index (κ1) is 17.7. The zero-order chi connectivity index (χ0) is 19.8. The molecule has 0 amide bonds. The van der Waals surface area contributed by atoms with Gasteiger partial charge < -0.3 is 10.1 Å². The quantitative estimate of drug-likeness (QED) is 0.342. The number of aromatic amines is 2. The predicted molar refractivity (Wildman–Crippen MR) is 109 cm³/mol. The summed E-state index contributed by atoms with van der Waals surface area (Å²) in [6, 6.07) is 12.5. The average molecular weight is 406 g/mol. The second kappa shape index (κ2) is 7.25. The number of rotatable bonds is 5. The average Bonchev–Trinajstić information content (AvgIpc) is 3.36. The van der Waals surface area contributed by atoms with Gasteiger partial charge in [-0.3, -0.25) is 9.98 Å². The van der Waals surface area contributed by atoms with Crippen LogP contribution >= 0.6 is 11.8 Å². The number of hydrogen-bond donors (Lipinski definition) is 3. The van der Waals surface area contributed by atoms with Gasteiger partial charge in [0.25, 0.3) is 0 Å². The molecule has 1 fully saturated rings. The molecule has 29 heavy (non-hydrogen) atoms. The Balaban J connectivity index is 1.61. The van der Waals surface area contributed by atoms with Crippen molar-refractivity contribution < 1.29 is 5.11 Å². The molecule has 5 rings (SSSR count). The van der Waals surface area contributed by atoms with Crippen LogP contribution in [0.5, 0.6) is 5.88 Å². The van der Waals surface area contributed by atoms with Crippen LogP contribution in [-0.2, 0) is 5.75 Å². The summed E-state index contributed by atoms with van der Waals surface area (Å²) in [6.07, 6.45) is 5.49. The van der Waals surface area contributed by atoms with Crippen molar-refractivity contribution in [3.05, 3.63) is 75.0 Å². The van der Waals surface area contributed by atoms with Gasteiger partial charge in [-0.2, -0.15) is 9.61 Å². The van der Waals surface area contributed by atoms with Gasteiger partial charge in [-0.25, -0.2) is 9.78 Å². The number of thioether (sulfide) groups is 1. The first-order valence-electron chi connectivity index (χ1n) is 9.28. The van der Waals surface area contributed by atoms with Gasteiger partial charge >= 0.3 is 5.69 Å². The summed E-state index contributed by atoms with van der Waals surface area (Å²) in [5.74, 6) is 0.582. The Morgan fingerprint density at radius 2 is 2.10 bits per heavy atom. The minimum absolute atomic E-state index is 0.216. The molecule has 9 heteroatoms. The van der Waals surface area contributed by atoms with E-state index in [2.05, 4.69) is 27.2 Å². The monoisotopic (exact) mass is 406 g/mol. The van der Waals surface area contributed by atoms with Crippen LogP contribution in [-0.4, -0.2) is 35.7 Å². The molecule has 3 heterocycles. The minimum Gasteiger partial charge on any atom is -0.493 e. The lowest BCUT2D eigenvalue weighted by Gasteiger charge is -2.03. The van der Waals surface area contributed by atoms with E-state index >= 15 is 0 Å². The number of aromatic hydroxyl groups is 1. The van der Waals surface area contributed by atoms with Gasteiger partial charge in [0, 0.05) is 17.0 Å². The molecule has 1 saturated carbocycles. The fraction of sp³-hybridized carbons (Fsp3) is 0.200.